The van der Waals surface area contributed by atoms with Gasteiger partial charge in [0.1, 0.15) is 4.90 Å². The van der Waals surface area contributed by atoms with Crippen molar-refractivity contribution in [3.05, 3.63) is 63.6 Å². The number of nitrogens with one attached hydrogen (secondary N) is 1. The molecule has 0 atom stereocenters. The highest BCUT2D eigenvalue weighted by Crippen LogP contribution is 2.28. The van der Waals surface area contributed by atoms with Crippen molar-refractivity contribution < 1.29 is 13.5 Å². The van der Waals surface area contributed by atoms with Gasteiger partial charge < -0.3 is 5.11 Å². The molecule has 2 aromatic rings. The molecule has 0 aliphatic rings. The van der Waals surface area contributed by atoms with E-state index in [1.807, 2.05) is 0 Å². The molecule has 112 valence electrons. The molecule has 0 fully saturated rings. The zero-order valence-corrected chi connectivity index (χ0v) is 13.2. The molecule has 0 unspecified atom stereocenters. The van der Waals surface area contributed by atoms with Crippen LogP contribution in [-0.4, -0.2) is 13.5 Å². The minimum Gasteiger partial charge on any atom is -0.392 e. The normalized spacial score (nSPS) is 11.6. The quantitative estimate of drug-likeness (QED) is 0.875. The molecule has 2 N–H and O–H groups in total. The third-order valence-electron chi connectivity index (χ3n) is 2.93. The molecule has 0 aromatic heterocycles. The Kier molecular flexibility index (Phi) is 5.24. The van der Waals surface area contributed by atoms with E-state index in [1.165, 1.54) is 12.1 Å². The average molecular weight is 346 g/mol. The zero-order valence-electron chi connectivity index (χ0n) is 10.9. The number of rotatable bonds is 5. The number of benzene rings is 2. The smallest absolute Gasteiger partial charge is 0.243 e. The van der Waals surface area contributed by atoms with E-state index < -0.39 is 10.0 Å². The van der Waals surface area contributed by atoms with Gasteiger partial charge in [-0.15, -0.1) is 0 Å². The molecule has 0 saturated heterocycles. The van der Waals surface area contributed by atoms with E-state index in [4.69, 9.17) is 23.2 Å². The van der Waals surface area contributed by atoms with Gasteiger partial charge in [0.2, 0.25) is 10.0 Å². The molecular weight excluding hydrogens is 333 g/mol. The standard InChI is InChI=1S/C14H13Cl2NO3S/c15-12-6-3-7-13(16)14(12)21(19,20)17-8-10-4-1-2-5-11(10)9-18/h1-7,17-18H,8-9H2. The van der Waals surface area contributed by atoms with Crippen molar-refractivity contribution in [2.75, 3.05) is 0 Å². The van der Waals surface area contributed by atoms with Crippen molar-refractivity contribution in [3.8, 4) is 0 Å². The zero-order chi connectivity index (χ0) is 15.5. The lowest BCUT2D eigenvalue weighted by Crippen LogP contribution is -2.24. The third-order valence-corrected chi connectivity index (χ3v) is 5.28. The Morgan fingerprint density at radius 3 is 2.10 bits per heavy atom. The van der Waals surface area contributed by atoms with Crippen molar-refractivity contribution in [1.29, 1.82) is 0 Å². The summed E-state index contributed by atoms with van der Waals surface area (Å²) in [5.74, 6) is 0. The van der Waals surface area contributed by atoms with Crippen molar-refractivity contribution >= 4 is 33.2 Å². The molecule has 21 heavy (non-hydrogen) atoms. The first-order chi connectivity index (χ1) is 9.95. The van der Waals surface area contributed by atoms with E-state index in [1.54, 1.807) is 30.3 Å². The molecule has 0 heterocycles. The van der Waals surface area contributed by atoms with Gasteiger partial charge in [-0.1, -0.05) is 53.5 Å². The van der Waals surface area contributed by atoms with Crippen LogP contribution in [-0.2, 0) is 23.2 Å². The van der Waals surface area contributed by atoms with E-state index in [0.717, 1.165) is 0 Å². The number of halogens is 2. The Morgan fingerprint density at radius 2 is 1.52 bits per heavy atom. The molecule has 0 radical (unpaired) electrons. The van der Waals surface area contributed by atoms with Gasteiger partial charge in [-0.25, -0.2) is 13.1 Å². The third kappa shape index (κ3) is 3.75. The first-order valence-corrected chi connectivity index (χ1v) is 8.31. The van der Waals surface area contributed by atoms with Crippen molar-refractivity contribution in [3.63, 3.8) is 0 Å². The SMILES string of the molecule is O=S(=O)(NCc1ccccc1CO)c1c(Cl)cccc1Cl. The Labute approximate surface area is 133 Å². The second-order valence-electron chi connectivity index (χ2n) is 4.30. The topological polar surface area (TPSA) is 66.4 Å². The van der Waals surface area contributed by atoms with Crippen LogP contribution in [0.1, 0.15) is 11.1 Å². The fraction of sp³-hybridized carbons (Fsp3) is 0.143. The number of aliphatic hydroxyl groups excluding tert-OH is 1. The molecule has 0 aliphatic carbocycles. The van der Waals surface area contributed by atoms with Gasteiger partial charge >= 0.3 is 0 Å². The predicted molar refractivity (Wildman–Crippen MR) is 82.9 cm³/mol. The molecule has 0 bridgehead atoms. The summed E-state index contributed by atoms with van der Waals surface area (Å²) in [5.41, 5.74) is 1.34. The molecule has 0 saturated carbocycles. The highest BCUT2D eigenvalue weighted by atomic mass is 35.5. The Balaban J connectivity index is 2.27. The molecule has 7 heteroatoms. The summed E-state index contributed by atoms with van der Waals surface area (Å²) in [6, 6.07) is 11.5. The second-order valence-corrected chi connectivity index (χ2v) is 6.82. The van der Waals surface area contributed by atoms with E-state index >= 15 is 0 Å². The van der Waals surface area contributed by atoms with Crippen LogP contribution in [0.2, 0.25) is 10.0 Å². The maximum atomic E-state index is 12.3. The van der Waals surface area contributed by atoms with Crippen LogP contribution in [0.15, 0.2) is 47.4 Å². The van der Waals surface area contributed by atoms with Gasteiger partial charge in [0, 0.05) is 6.54 Å². The molecule has 4 nitrogen and oxygen atoms in total. The minimum absolute atomic E-state index is 0.0423. The maximum absolute atomic E-state index is 12.3. The van der Waals surface area contributed by atoms with Crippen LogP contribution in [0.5, 0.6) is 0 Å². The lowest BCUT2D eigenvalue weighted by atomic mass is 10.1. The first kappa shape index (κ1) is 16.3. The summed E-state index contributed by atoms with van der Waals surface area (Å²) in [4.78, 5) is -0.144. The molecule has 0 spiro atoms. The fourth-order valence-electron chi connectivity index (χ4n) is 1.87. The molecule has 2 rings (SSSR count). The van der Waals surface area contributed by atoms with Crippen molar-refractivity contribution in [2.45, 2.75) is 18.0 Å². The van der Waals surface area contributed by atoms with Gasteiger partial charge in [-0.05, 0) is 23.3 Å². The largest absolute Gasteiger partial charge is 0.392 e. The summed E-state index contributed by atoms with van der Waals surface area (Å²) in [7, 11) is -3.84. The summed E-state index contributed by atoms with van der Waals surface area (Å²) in [6.07, 6.45) is 0. The lowest BCUT2D eigenvalue weighted by molar-refractivity contribution is 0.280. The molecule has 2 aromatic carbocycles. The predicted octanol–water partition coefficient (Wildman–Crippen LogP) is 2.96. The van der Waals surface area contributed by atoms with E-state index in [0.29, 0.717) is 11.1 Å². The average Bonchev–Trinajstić information content (AvgIpc) is 2.45. The summed E-state index contributed by atoms with van der Waals surface area (Å²) in [5, 5.41) is 9.35. The van der Waals surface area contributed by atoms with Gasteiger partial charge in [0.05, 0.1) is 16.7 Å². The number of sulfonamides is 1. The summed E-state index contributed by atoms with van der Waals surface area (Å²) < 4.78 is 27.0. The maximum Gasteiger partial charge on any atom is 0.243 e. The Bertz CT molecular complexity index is 727. The van der Waals surface area contributed by atoms with E-state index in [2.05, 4.69) is 4.72 Å². The molecule has 0 amide bonds. The number of aliphatic hydroxyl groups is 1. The second kappa shape index (κ2) is 6.77. The van der Waals surface area contributed by atoms with E-state index in [-0.39, 0.29) is 28.1 Å². The van der Waals surface area contributed by atoms with Crippen LogP contribution in [0.4, 0.5) is 0 Å². The van der Waals surface area contributed by atoms with Crippen LogP contribution >= 0.6 is 23.2 Å². The van der Waals surface area contributed by atoms with Crippen LogP contribution in [0.3, 0.4) is 0 Å². The van der Waals surface area contributed by atoms with Crippen molar-refractivity contribution in [2.24, 2.45) is 0 Å². The van der Waals surface area contributed by atoms with Crippen LogP contribution in [0, 0.1) is 0 Å². The molecular formula is C14H13Cl2NO3S. The van der Waals surface area contributed by atoms with Crippen molar-refractivity contribution in [1.82, 2.24) is 4.72 Å². The van der Waals surface area contributed by atoms with E-state index in [9.17, 15) is 13.5 Å². The van der Waals surface area contributed by atoms with Gasteiger partial charge in [0.25, 0.3) is 0 Å². The van der Waals surface area contributed by atoms with Gasteiger partial charge in [-0.2, -0.15) is 0 Å². The highest BCUT2D eigenvalue weighted by molar-refractivity contribution is 7.89. The molecule has 0 aliphatic heterocycles. The lowest BCUT2D eigenvalue weighted by Gasteiger charge is -2.11. The number of hydrogen-bond acceptors (Lipinski definition) is 3. The Hall–Kier alpha value is -1.11. The van der Waals surface area contributed by atoms with Gasteiger partial charge in [-0.3, -0.25) is 0 Å². The fourth-order valence-corrected chi connectivity index (χ4v) is 4.01. The monoisotopic (exact) mass is 345 g/mol. The number of hydrogen-bond donors (Lipinski definition) is 2. The first-order valence-electron chi connectivity index (χ1n) is 6.07. The van der Waals surface area contributed by atoms with Gasteiger partial charge in [0.15, 0.2) is 0 Å². The summed E-state index contributed by atoms with van der Waals surface area (Å²) >= 11 is 11.8. The Morgan fingerprint density at radius 1 is 0.952 bits per heavy atom. The van der Waals surface area contributed by atoms with Crippen LogP contribution < -0.4 is 4.72 Å². The minimum atomic E-state index is -3.84. The highest BCUT2D eigenvalue weighted by Gasteiger charge is 2.21. The van der Waals surface area contributed by atoms with Crippen LogP contribution in [0.25, 0.3) is 0 Å². The summed E-state index contributed by atoms with van der Waals surface area (Å²) in [6.45, 7) is -0.120.